The first-order valence-corrected chi connectivity index (χ1v) is 8.52. The minimum Gasteiger partial charge on any atom is -0.308 e. The molecule has 2 N–H and O–H groups in total. The summed E-state index contributed by atoms with van der Waals surface area (Å²) in [6.45, 7) is 4.79. The van der Waals surface area contributed by atoms with Crippen molar-refractivity contribution in [1.82, 2.24) is 25.2 Å². The Hall–Kier alpha value is -3.29. The highest BCUT2D eigenvalue weighted by Crippen LogP contribution is 2.18. The fourth-order valence-electron chi connectivity index (χ4n) is 2.34. The molecule has 8 nitrogen and oxygen atoms in total. The number of carbonyl (C=O) groups excluding carboxylic acids is 1. The second kappa shape index (κ2) is 8.19. The van der Waals surface area contributed by atoms with E-state index >= 15 is 0 Å². The number of aryl methyl sites for hydroxylation is 2. The Morgan fingerprint density at radius 2 is 1.96 bits per heavy atom. The van der Waals surface area contributed by atoms with Crippen molar-refractivity contribution in [2.24, 2.45) is 0 Å². The van der Waals surface area contributed by atoms with Crippen molar-refractivity contribution < 1.29 is 4.79 Å². The minimum atomic E-state index is -0.322. The Balaban J connectivity index is 1.61. The quantitative estimate of drug-likeness (QED) is 0.708. The molecular formula is C18H21N7O. The van der Waals surface area contributed by atoms with Gasteiger partial charge in [0.1, 0.15) is 0 Å². The van der Waals surface area contributed by atoms with Gasteiger partial charge in [-0.15, -0.1) is 10.2 Å². The molecule has 2 aromatic heterocycles. The molecule has 134 valence electrons. The molecule has 0 spiro atoms. The Labute approximate surface area is 151 Å². The minimum absolute atomic E-state index is 0.322. The SMILES string of the molecule is CCCCn1nnc(-c2ccc(NC(=O)Nc3cnccc3C)cc2)n1. The first-order valence-electron chi connectivity index (χ1n) is 8.52. The molecule has 0 saturated heterocycles. The van der Waals surface area contributed by atoms with Gasteiger partial charge in [0.2, 0.25) is 5.82 Å². The van der Waals surface area contributed by atoms with E-state index in [2.05, 4.69) is 38.0 Å². The van der Waals surface area contributed by atoms with E-state index in [0.717, 1.165) is 30.5 Å². The van der Waals surface area contributed by atoms with Gasteiger partial charge in [-0.3, -0.25) is 4.98 Å². The number of amides is 2. The Morgan fingerprint density at radius 3 is 2.69 bits per heavy atom. The predicted octanol–water partition coefficient (Wildman–Crippen LogP) is 3.49. The number of aromatic nitrogens is 5. The van der Waals surface area contributed by atoms with Crippen LogP contribution in [-0.2, 0) is 6.54 Å². The normalized spacial score (nSPS) is 10.5. The van der Waals surface area contributed by atoms with Gasteiger partial charge >= 0.3 is 6.03 Å². The number of rotatable bonds is 6. The average molecular weight is 351 g/mol. The van der Waals surface area contributed by atoms with Crippen LogP contribution >= 0.6 is 0 Å². The lowest BCUT2D eigenvalue weighted by Crippen LogP contribution is -2.20. The fourth-order valence-corrected chi connectivity index (χ4v) is 2.34. The summed E-state index contributed by atoms with van der Waals surface area (Å²) in [6, 6.07) is 8.83. The van der Waals surface area contributed by atoms with Crippen molar-refractivity contribution in [3.8, 4) is 11.4 Å². The van der Waals surface area contributed by atoms with Crippen LogP contribution in [0.15, 0.2) is 42.7 Å². The smallest absolute Gasteiger partial charge is 0.308 e. The molecule has 0 aliphatic rings. The highest BCUT2D eigenvalue weighted by atomic mass is 16.2. The van der Waals surface area contributed by atoms with Gasteiger partial charge < -0.3 is 10.6 Å². The van der Waals surface area contributed by atoms with E-state index in [1.165, 1.54) is 0 Å². The summed E-state index contributed by atoms with van der Waals surface area (Å²) in [5.41, 5.74) is 3.14. The number of pyridine rings is 1. The van der Waals surface area contributed by atoms with Crippen LogP contribution in [0.25, 0.3) is 11.4 Å². The Bertz CT molecular complexity index is 873. The molecule has 0 fully saturated rings. The third kappa shape index (κ3) is 4.41. The number of urea groups is 1. The summed E-state index contributed by atoms with van der Waals surface area (Å²) >= 11 is 0. The molecule has 0 aliphatic carbocycles. The first kappa shape index (κ1) is 17.5. The maximum atomic E-state index is 12.1. The third-order valence-corrected chi connectivity index (χ3v) is 3.85. The molecule has 3 rings (SSSR count). The number of anilines is 2. The zero-order valence-electron chi connectivity index (χ0n) is 14.8. The molecule has 2 amide bonds. The van der Waals surface area contributed by atoms with Crippen LogP contribution in [0, 0.1) is 6.92 Å². The van der Waals surface area contributed by atoms with Crippen LogP contribution in [0.1, 0.15) is 25.3 Å². The molecule has 3 aromatic rings. The average Bonchev–Trinajstić information content (AvgIpc) is 3.11. The van der Waals surface area contributed by atoms with Gasteiger partial charge in [-0.25, -0.2) is 4.79 Å². The van der Waals surface area contributed by atoms with Crippen LogP contribution in [0.2, 0.25) is 0 Å². The van der Waals surface area contributed by atoms with Gasteiger partial charge in [-0.1, -0.05) is 13.3 Å². The molecule has 1 aromatic carbocycles. The second-order valence-corrected chi connectivity index (χ2v) is 5.91. The second-order valence-electron chi connectivity index (χ2n) is 5.91. The lowest BCUT2D eigenvalue weighted by Gasteiger charge is -2.09. The number of tetrazole rings is 1. The summed E-state index contributed by atoms with van der Waals surface area (Å²) in [5.74, 6) is 0.572. The summed E-state index contributed by atoms with van der Waals surface area (Å²) in [5, 5.41) is 18.0. The molecular weight excluding hydrogens is 330 g/mol. The highest BCUT2D eigenvalue weighted by Gasteiger charge is 2.08. The number of unbranched alkanes of at least 4 members (excludes halogenated alkanes) is 1. The van der Waals surface area contributed by atoms with E-state index in [0.29, 0.717) is 17.2 Å². The zero-order chi connectivity index (χ0) is 18.4. The van der Waals surface area contributed by atoms with Crippen LogP contribution in [0.5, 0.6) is 0 Å². The number of hydrogen-bond donors (Lipinski definition) is 2. The van der Waals surface area contributed by atoms with Crippen LogP contribution in [0.3, 0.4) is 0 Å². The topological polar surface area (TPSA) is 97.6 Å². The summed E-state index contributed by atoms with van der Waals surface area (Å²) in [7, 11) is 0. The van der Waals surface area contributed by atoms with Gasteiger partial charge in [0.25, 0.3) is 0 Å². The number of benzene rings is 1. The zero-order valence-corrected chi connectivity index (χ0v) is 14.8. The lowest BCUT2D eigenvalue weighted by atomic mass is 10.2. The summed E-state index contributed by atoms with van der Waals surface area (Å²) in [4.78, 5) is 17.7. The monoisotopic (exact) mass is 351 g/mol. The van der Waals surface area contributed by atoms with Gasteiger partial charge in [-0.2, -0.15) is 4.80 Å². The van der Waals surface area contributed by atoms with Crippen LogP contribution < -0.4 is 10.6 Å². The van der Waals surface area contributed by atoms with E-state index in [-0.39, 0.29) is 6.03 Å². The molecule has 8 heteroatoms. The summed E-state index contributed by atoms with van der Waals surface area (Å²) in [6.07, 6.45) is 5.40. The molecule has 2 heterocycles. The van der Waals surface area contributed by atoms with E-state index in [1.807, 2.05) is 25.1 Å². The van der Waals surface area contributed by atoms with Gasteiger partial charge in [-0.05, 0) is 54.5 Å². The number of nitrogens with one attached hydrogen (secondary N) is 2. The number of nitrogens with zero attached hydrogens (tertiary/aromatic N) is 5. The molecule has 0 radical (unpaired) electrons. The van der Waals surface area contributed by atoms with Crippen molar-refractivity contribution >= 4 is 17.4 Å². The fraction of sp³-hybridized carbons (Fsp3) is 0.278. The van der Waals surface area contributed by atoms with E-state index in [9.17, 15) is 4.79 Å². The molecule has 0 unspecified atom stereocenters. The van der Waals surface area contributed by atoms with E-state index < -0.39 is 0 Å². The van der Waals surface area contributed by atoms with Gasteiger partial charge in [0, 0.05) is 17.4 Å². The first-order chi connectivity index (χ1) is 12.7. The molecule has 0 aliphatic heterocycles. The van der Waals surface area contributed by atoms with Crippen LogP contribution in [0.4, 0.5) is 16.2 Å². The van der Waals surface area contributed by atoms with Crippen LogP contribution in [-0.4, -0.2) is 31.2 Å². The molecule has 0 bridgehead atoms. The highest BCUT2D eigenvalue weighted by molar-refractivity contribution is 6.00. The lowest BCUT2D eigenvalue weighted by molar-refractivity contribution is 0.262. The van der Waals surface area contributed by atoms with Crippen molar-refractivity contribution in [2.75, 3.05) is 10.6 Å². The van der Waals surface area contributed by atoms with Gasteiger partial charge in [0.05, 0.1) is 18.4 Å². The Morgan fingerprint density at radius 1 is 1.15 bits per heavy atom. The van der Waals surface area contributed by atoms with Crippen molar-refractivity contribution in [3.63, 3.8) is 0 Å². The van der Waals surface area contributed by atoms with E-state index in [1.54, 1.807) is 29.3 Å². The summed E-state index contributed by atoms with van der Waals surface area (Å²) < 4.78 is 0. The van der Waals surface area contributed by atoms with E-state index in [4.69, 9.17) is 0 Å². The predicted molar refractivity (Wildman–Crippen MR) is 99.8 cm³/mol. The largest absolute Gasteiger partial charge is 0.323 e. The molecule has 26 heavy (non-hydrogen) atoms. The number of carbonyl (C=O) groups is 1. The molecule has 0 atom stereocenters. The number of hydrogen-bond acceptors (Lipinski definition) is 5. The maximum absolute atomic E-state index is 12.1. The van der Waals surface area contributed by atoms with Crippen molar-refractivity contribution in [1.29, 1.82) is 0 Å². The molecule has 0 saturated carbocycles. The van der Waals surface area contributed by atoms with Gasteiger partial charge in [0.15, 0.2) is 0 Å². The van der Waals surface area contributed by atoms with Crippen molar-refractivity contribution in [3.05, 3.63) is 48.3 Å². The van der Waals surface area contributed by atoms with Crippen molar-refractivity contribution in [2.45, 2.75) is 33.2 Å². The Kier molecular flexibility index (Phi) is 5.52. The maximum Gasteiger partial charge on any atom is 0.323 e. The standard InChI is InChI=1S/C18H21N7O/c1-3-4-11-25-23-17(22-24-25)14-5-7-15(8-6-14)20-18(26)21-16-12-19-10-9-13(16)2/h5-10,12H,3-4,11H2,1-2H3,(H2,20,21,26). The third-order valence-electron chi connectivity index (χ3n) is 3.85.